The molecule has 0 spiro atoms. The second-order valence-electron chi connectivity index (χ2n) is 4.36. The molecule has 0 aliphatic heterocycles. The number of hydrogen-bond acceptors (Lipinski definition) is 4. The average Bonchev–Trinajstić information content (AvgIpc) is 2.45. The van der Waals surface area contributed by atoms with Crippen molar-refractivity contribution in [1.82, 2.24) is 4.72 Å². The molecular formula is C14H15FN2O3S. The monoisotopic (exact) mass is 310 g/mol. The number of benzene rings is 2. The lowest BCUT2D eigenvalue weighted by atomic mass is 10.2. The van der Waals surface area contributed by atoms with Crippen molar-refractivity contribution in [2.24, 2.45) is 0 Å². The average molecular weight is 310 g/mol. The van der Waals surface area contributed by atoms with Gasteiger partial charge in [-0.2, -0.15) is 0 Å². The predicted molar refractivity (Wildman–Crippen MR) is 77.8 cm³/mol. The zero-order valence-corrected chi connectivity index (χ0v) is 12.2. The van der Waals surface area contributed by atoms with Crippen LogP contribution in [0, 0.1) is 5.82 Å². The van der Waals surface area contributed by atoms with Crippen LogP contribution in [0.5, 0.6) is 5.75 Å². The summed E-state index contributed by atoms with van der Waals surface area (Å²) in [4.78, 5) is -0.0543. The number of rotatable bonds is 5. The maximum absolute atomic E-state index is 13.1. The fraction of sp³-hybridized carbons (Fsp3) is 0.143. The summed E-state index contributed by atoms with van der Waals surface area (Å²) in [5.41, 5.74) is 6.43. The third kappa shape index (κ3) is 3.71. The Morgan fingerprint density at radius 3 is 2.67 bits per heavy atom. The first-order chi connectivity index (χ1) is 9.92. The number of anilines is 1. The molecule has 2 aromatic carbocycles. The molecule has 0 aromatic heterocycles. The highest BCUT2D eigenvalue weighted by Crippen LogP contribution is 2.25. The second-order valence-corrected chi connectivity index (χ2v) is 6.10. The first-order valence-corrected chi connectivity index (χ1v) is 7.58. The van der Waals surface area contributed by atoms with E-state index in [9.17, 15) is 12.8 Å². The third-order valence-electron chi connectivity index (χ3n) is 2.83. The molecule has 0 saturated carbocycles. The van der Waals surface area contributed by atoms with Crippen LogP contribution in [0.2, 0.25) is 0 Å². The van der Waals surface area contributed by atoms with Crippen LogP contribution in [0.25, 0.3) is 0 Å². The molecule has 2 aromatic rings. The van der Waals surface area contributed by atoms with E-state index in [1.165, 1.54) is 37.4 Å². The normalized spacial score (nSPS) is 11.3. The lowest BCUT2D eigenvalue weighted by molar-refractivity contribution is 0.402. The Kier molecular flexibility index (Phi) is 4.44. The molecule has 0 bridgehead atoms. The largest absolute Gasteiger partial charge is 0.495 e. The SMILES string of the molecule is COc1ccc(N)cc1S(=O)(=O)NCc1cccc(F)c1. The first-order valence-electron chi connectivity index (χ1n) is 6.10. The predicted octanol–water partition coefficient (Wildman–Crippen LogP) is 1.89. The third-order valence-corrected chi connectivity index (χ3v) is 4.25. The number of nitrogen functional groups attached to an aromatic ring is 1. The van der Waals surface area contributed by atoms with Crippen molar-refractivity contribution in [1.29, 1.82) is 0 Å². The molecule has 0 saturated heterocycles. The number of nitrogens with two attached hydrogens (primary N) is 1. The van der Waals surface area contributed by atoms with Crippen molar-refractivity contribution in [2.45, 2.75) is 11.4 Å². The van der Waals surface area contributed by atoms with E-state index in [4.69, 9.17) is 10.5 Å². The highest BCUT2D eigenvalue weighted by molar-refractivity contribution is 7.89. The van der Waals surface area contributed by atoms with Crippen molar-refractivity contribution in [3.8, 4) is 5.75 Å². The number of ether oxygens (including phenoxy) is 1. The van der Waals surface area contributed by atoms with Gasteiger partial charge in [-0.05, 0) is 35.9 Å². The fourth-order valence-electron chi connectivity index (χ4n) is 1.81. The van der Waals surface area contributed by atoms with E-state index in [1.807, 2.05) is 0 Å². The molecule has 3 N–H and O–H groups in total. The van der Waals surface area contributed by atoms with Crippen molar-refractivity contribution in [3.05, 3.63) is 53.8 Å². The van der Waals surface area contributed by atoms with Crippen LogP contribution in [0.1, 0.15) is 5.56 Å². The lowest BCUT2D eigenvalue weighted by Crippen LogP contribution is -2.24. The zero-order valence-electron chi connectivity index (χ0n) is 11.3. The zero-order chi connectivity index (χ0) is 15.5. The van der Waals surface area contributed by atoms with Crippen LogP contribution in [0.3, 0.4) is 0 Å². The maximum Gasteiger partial charge on any atom is 0.244 e. The van der Waals surface area contributed by atoms with Gasteiger partial charge in [-0.25, -0.2) is 17.5 Å². The molecule has 0 radical (unpaired) electrons. The Balaban J connectivity index is 2.24. The Bertz CT molecular complexity index is 748. The van der Waals surface area contributed by atoms with Crippen molar-refractivity contribution in [3.63, 3.8) is 0 Å². The Hall–Kier alpha value is -2.12. The maximum atomic E-state index is 13.1. The first kappa shape index (κ1) is 15.3. The summed E-state index contributed by atoms with van der Waals surface area (Å²) in [7, 11) is -2.44. The molecule has 2 rings (SSSR count). The van der Waals surface area contributed by atoms with Crippen LogP contribution in [-0.2, 0) is 16.6 Å². The van der Waals surface area contributed by atoms with Gasteiger partial charge < -0.3 is 10.5 Å². The van der Waals surface area contributed by atoms with E-state index in [1.54, 1.807) is 12.1 Å². The number of hydrogen-bond donors (Lipinski definition) is 2. The Morgan fingerprint density at radius 1 is 1.24 bits per heavy atom. The van der Waals surface area contributed by atoms with Crippen LogP contribution in [-0.4, -0.2) is 15.5 Å². The number of sulfonamides is 1. The summed E-state index contributed by atoms with van der Waals surface area (Å²) in [5.74, 6) is -0.232. The quantitative estimate of drug-likeness (QED) is 0.826. The van der Waals surface area contributed by atoms with E-state index >= 15 is 0 Å². The minimum Gasteiger partial charge on any atom is -0.495 e. The standard InChI is InChI=1S/C14H15FN2O3S/c1-20-13-6-5-12(16)8-14(13)21(18,19)17-9-10-3-2-4-11(15)7-10/h2-8,17H,9,16H2,1H3. The van der Waals surface area contributed by atoms with Gasteiger partial charge >= 0.3 is 0 Å². The van der Waals surface area contributed by atoms with Crippen LogP contribution in [0.15, 0.2) is 47.4 Å². The van der Waals surface area contributed by atoms with Crippen LogP contribution >= 0.6 is 0 Å². The minimum atomic E-state index is -3.81. The lowest BCUT2D eigenvalue weighted by Gasteiger charge is -2.11. The Labute approximate surface area is 122 Å². The second kappa shape index (κ2) is 6.11. The van der Waals surface area contributed by atoms with Gasteiger partial charge in [0.05, 0.1) is 7.11 Å². The number of nitrogens with one attached hydrogen (secondary N) is 1. The number of halogens is 1. The van der Waals surface area contributed by atoms with E-state index in [-0.39, 0.29) is 17.2 Å². The van der Waals surface area contributed by atoms with Crippen LogP contribution < -0.4 is 15.2 Å². The van der Waals surface area contributed by atoms with Gasteiger partial charge in [0.2, 0.25) is 10.0 Å². The van der Waals surface area contributed by atoms with E-state index in [2.05, 4.69) is 4.72 Å². The van der Waals surface area contributed by atoms with Gasteiger partial charge in [-0.1, -0.05) is 12.1 Å². The summed E-state index contributed by atoms with van der Waals surface area (Å²) in [6, 6.07) is 10.0. The van der Waals surface area contributed by atoms with Crippen molar-refractivity contribution < 1.29 is 17.5 Å². The van der Waals surface area contributed by atoms with Gasteiger partial charge in [0.15, 0.2) is 0 Å². The van der Waals surface area contributed by atoms with Gasteiger partial charge in [0.1, 0.15) is 16.5 Å². The smallest absolute Gasteiger partial charge is 0.244 e. The Morgan fingerprint density at radius 2 is 2.00 bits per heavy atom. The molecule has 21 heavy (non-hydrogen) atoms. The molecule has 0 aliphatic carbocycles. The summed E-state index contributed by atoms with van der Waals surface area (Å²) in [6.07, 6.45) is 0. The highest BCUT2D eigenvalue weighted by Gasteiger charge is 2.19. The molecular weight excluding hydrogens is 295 g/mol. The summed E-state index contributed by atoms with van der Waals surface area (Å²) >= 11 is 0. The van der Waals surface area contributed by atoms with Crippen molar-refractivity contribution >= 4 is 15.7 Å². The number of methoxy groups -OCH3 is 1. The molecule has 0 aliphatic rings. The summed E-state index contributed by atoms with van der Waals surface area (Å²) in [5, 5.41) is 0. The molecule has 0 amide bonds. The van der Waals surface area contributed by atoms with E-state index in [0.29, 0.717) is 11.3 Å². The summed E-state index contributed by atoms with van der Waals surface area (Å²) in [6.45, 7) is -0.0297. The topological polar surface area (TPSA) is 81.4 Å². The molecule has 112 valence electrons. The summed E-state index contributed by atoms with van der Waals surface area (Å²) < 4.78 is 45.0. The van der Waals surface area contributed by atoms with Crippen LogP contribution in [0.4, 0.5) is 10.1 Å². The molecule has 0 unspecified atom stereocenters. The van der Waals surface area contributed by atoms with E-state index < -0.39 is 15.8 Å². The minimum absolute atomic E-state index is 0.0297. The van der Waals surface area contributed by atoms with Gasteiger partial charge in [0, 0.05) is 12.2 Å². The van der Waals surface area contributed by atoms with Crippen molar-refractivity contribution in [2.75, 3.05) is 12.8 Å². The molecule has 7 heteroatoms. The van der Waals surface area contributed by atoms with Gasteiger partial charge in [-0.3, -0.25) is 0 Å². The van der Waals surface area contributed by atoms with E-state index in [0.717, 1.165) is 0 Å². The molecule has 5 nitrogen and oxygen atoms in total. The molecule has 0 heterocycles. The van der Waals surface area contributed by atoms with Gasteiger partial charge in [-0.15, -0.1) is 0 Å². The molecule has 0 atom stereocenters. The highest BCUT2D eigenvalue weighted by atomic mass is 32.2. The fourth-order valence-corrected chi connectivity index (χ4v) is 3.03. The molecule has 0 fully saturated rings. The van der Waals surface area contributed by atoms with Gasteiger partial charge in [0.25, 0.3) is 0 Å².